The molecule has 1 aliphatic heterocycles. The van der Waals surface area contributed by atoms with Gasteiger partial charge in [-0.1, -0.05) is 52.0 Å². The summed E-state index contributed by atoms with van der Waals surface area (Å²) >= 11 is 0. The first kappa shape index (κ1) is 17.5. The van der Waals surface area contributed by atoms with Gasteiger partial charge in [0.05, 0.1) is 0 Å². The molecule has 0 aliphatic carbocycles. The van der Waals surface area contributed by atoms with E-state index in [4.69, 9.17) is 5.73 Å². The molecular formula is C19H33N3. The molecular weight excluding hydrogens is 270 g/mol. The van der Waals surface area contributed by atoms with E-state index in [0.717, 1.165) is 19.6 Å². The predicted molar refractivity (Wildman–Crippen MR) is 95.2 cm³/mol. The van der Waals surface area contributed by atoms with Gasteiger partial charge in [0.1, 0.15) is 0 Å². The third kappa shape index (κ3) is 3.89. The Balaban J connectivity index is 2.20. The van der Waals surface area contributed by atoms with E-state index in [9.17, 15) is 0 Å². The molecule has 2 atom stereocenters. The molecule has 22 heavy (non-hydrogen) atoms. The molecule has 3 nitrogen and oxygen atoms in total. The Morgan fingerprint density at radius 2 is 1.82 bits per heavy atom. The zero-order valence-electron chi connectivity index (χ0n) is 15.0. The van der Waals surface area contributed by atoms with E-state index < -0.39 is 0 Å². The number of nitrogens with zero attached hydrogens (tertiary/aromatic N) is 2. The van der Waals surface area contributed by atoms with Gasteiger partial charge in [-0.2, -0.15) is 0 Å². The van der Waals surface area contributed by atoms with Crippen LogP contribution in [0.4, 0.5) is 0 Å². The largest absolute Gasteiger partial charge is 0.329 e. The minimum absolute atomic E-state index is 0.205. The lowest BCUT2D eigenvalue weighted by atomic mass is 9.86. The highest BCUT2D eigenvalue weighted by Crippen LogP contribution is 2.28. The number of hydrogen-bond donors (Lipinski definition) is 1. The van der Waals surface area contributed by atoms with Crippen LogP contribution in [0.25, 0.3) is 0 Å². The molecule has 3 heteroatoms. The molecule has 0 spiro atoms. The summed E-state index contributed by atoms with van der Waals surface area (Å²) in [6.07, 6.45) is 1.18. The standard InChI is InChI=1S/C19H33N3/c1-6-17-14-21(5)11-12-22(17)18(13-20)15-7-9-16(10-8-15)19(2,3)4/h7-10,17-18H,6,11-14,20H2,1-5H3. The maximum atomic E-state index is 6.16. The normalized spacial score (nSPS) is 22.7. The van der Waals surface area contributed by atoms with Crippen molar-refractivity contribution in [2.75, 3.05) is 33.2 Å². The number of piperazine rings is 1. The molecule has 0 radical (unpaired) electrons. The van der Waals surface area contributed by atoms with Crippen LogP contribution in [-0.2, 0) is 5.41 Å². The molecule has 1 aromatic rings. The molecule has 2 unspecified atom stereocenters. The number of rotatable bonds is 4. The van der Waals surface area contributed by atoms with Crippen molar-refractivity contribution in [1.82, 2.24) is 9.80 Å². The second-order valence-electron chi connectivity index (χ2n) is 7.69. The lowest BCUT2D eigenvalue weighted by molar-refractivity contribution is 0.0521. The van der Waals surface area contributed by atoms with Crippen molar-refractivity contribution in [3.8, 4) is 0 Å². The van der Waals surface area contributed by atoms with Crippen LogP contribution in [0.15, 0.2) is 24.3 Å². The van der Waals surface area contributed by atoms with Gasteiger partial charge in [-0.05, 0) is 30.0 Å². The van der Waals surface area contributed by atoms with Crippen LogP contribution in [0.5, 0.6) is 0 Å². The van der Waals surface area contributed by atoms with Crippen LogP contribution in [0.2, 0.25) is 0 Å². The van der Waals surface area contributed by atoms with Gasteiger partial charge in [-0.15, -0.1) is 0 Å². The summed E-state index contributed by atoms with van der Waals surface area (Å²) in [7, 11) is 2.22. The predicted octanol–water partition coefficient (Wildman–Crippen LogP) is 3.01. The topological polar surface area (TPSA) is 32.5 Å². The average Bonchev–Trinajstić information content (AvgIpc) is 2.49. The summed E-state index contributed by atoms with van der Waals surface area (Å²) in [6, 6.07) is 10.1. The molecule has 2 rings (SSSR count). The Bertz CT molecular complexity index is 461. The smallest absolute Gasteiger partial charge is 0.0474 e. The summed E-state index contributed by atoms with van der Waals surface area (Å²) < 4.78 is 0. The van der Waals surface area contributed by atoms with Gasteiger partial charge in [-0.3, -0.25) is 4.90 Å². The Hall–Kier alpha value is -0.900. The zero-order valence-corrected chi connectivity index (χ0v) is 15.0. The maximum Gasteiger partial charge on any atom is 0.0474 e. The first-order chi connectivity index (χ1) is 10.4. The van der Waals surface area contributed by atoms with E-state index >= 15 is 0 Å². The molecule has 0 bridgehead atoms. The van der Waals surface area contributed by atoms with Crippen molar-refractivity contribution < 1.29 is 0 Å². The van der Waals surface area contributed by atoms with Crippen molar-refractivity contribution in [2.24, 2.45) is 5.73 Å². The van der Waals surface area contributed by atoms with E-state index in [2.05, 4.69) is 68.8 Å². The molecule has 1 aliphatic rings. The lowest BCUT2D eigenvalue weighted by Crippen LogP contribution is -2.53. The fourth-order valence-electron chi connectivity index (χ4n) is 3.47. The average molecular weight is 303 g/mol. The highest BCUT2D eigenvalue weighted by molar-refractivity contribution is 5.29. The van der Waals surface area contributed by atoms with Gasteiger partial charge in [0.15, 0.2) is 0 Å². The van der Waals surface area contributed by atoms with Crippen molar-refractivity contribution in [3.05, 3.63) is 35.4 Å². The van der Waals surface area contributed by atoms with Crippen LogP contribution >= 0.6 is 0 Å². The Labute approximate surface area is 136 Å². The molecule has 2 N–H and O–H groups in total. The fraction of sp³-hybridized carbons (Fsp3) is 0.684. The van der Waals surface area contributed by atoms with Gasteiger partial charge < -0.3 is 10.6 Å². The lowest BCUT2D eigenvalue weighted by Gasteiger charge is -2.44. The second-order valence-corrected chi connectivity index (χ2v) is 7.69. The third-order valence-corrected chi connectivity index (χ3v) is 4.99. The van der Waals surface area contributed by atoms with Crippen LogP contribution in [-0.4, -0.2) is 49.1 Å². The molecule has 0 amide bonds. The van der Waals surface area contributed by atoms with Crippen molar-refractivity contribution in [3.63, 3.8) is 0 Å². The second kappa shape index (κ2) is 7.12. The van der Waals surface area contributed by atoms with E-state index in [0.29, 0.717) is 18.6 Å². The highest BCUT2D eigenvalue weighted by Gasteiger charge is 2.30. The minimum Gasteiger partial charge on any atom is -0.329 e. The van der Waals surface area contributed by atoms with Gasteiger partial charge in [-0.25, -0.2) is 0 Å². The summed E-state index contributed by atoms with van der Waals surface area (Å²) in [5, 5.41) is 0. The van der Waals surface area contributed by atoms with E-state index in [1.54, 1.807) is 0 Å². The molecule has 1 saturated heterocycles. The molecule has 1 heterocycles. The Morgan fingerprint density at radius 1 is 1.18 bits per heavy atom. The first-order valence-electron chi connectivity index (χ1n) is 8.61. The van der Waals surface area contributed by atoms with Crippen molar-refractivity contribution >= 4 is 0 Å². The Morgan fingerprint density at radius 3 is 2.32 bits per heavy atom. The molecule has 1 aromatic carbocycles. The van der Waals surface area contributed by atoms with Crippen molar-refractivity contribution in [2.45, 2.75) is 51.6 Å². The van der Waals surface area contributed by atoms with Crippen LogP contribution in [0.1, 0.15) is 51.3 Å². The van der Waals surface area contributed by atoms with Gasteiger partial charge in [0.2, 0.25) is 0 Å². The zero-order chi connectivity index (χ0) is 16.3. The first-order valence-corrected chi connectivity index (χ1v) is 8.61. The highest BCUT2D eigenvalue weighted by atomic mass is 15.3. The number of benzene rings is 1. The van der Waals surface area contributed by atoms with Gasteiger partial charge in [0, 0.05) is 38.3 Å². The van der Waals surface area contributed by atoms with E-state index in [1.807, 2.05) is 0 Å². The number of hydrogen-bond acceptors (Lipinski definition) is 3. The summed E-state index contributed by atoms with van der Waals surface area (Å²) in [6.45, 7) is 13.1. The monoisotopic (exact) mass is 303 g/mol. The van der Waals surface area contributed by atoms with Crippen LogP contribution < -0.4 is 5.73 Å². The molecule has 1 fully saturated rings. The van der Waals surface area contributed by atoms with Gasteiger partial charge >= 0.3 is 0 Å². The number of nitrogens with two attached hydrogens (primary N) is 1. The van der Waals surface area contributed by atoms with E-state index in [1.165, 1.54) is 17.5 Å². The summed E-state index contributed by atoms with van der Waals surface area (Å²) in [4.78, 5) is 5.05. The maximum absolute atomic E-state index is 6.16. The fourth-order valence-corrected chi connectivity index (χ4v) is 3.47. The van der Waals surface area contributed by atoms with Gasteiger partial charge in [0.25, 0.3) is 0 Å². The van der Waals surface area contributed by atoms with Crippen LogP contribution in [0, 0.1) is 0 Å². The summed E-state index contributed by atoms with van der Waals surface area (Å²) in [5.74, 6) is 0. The Kier molecular flexibility index (Phi) is 5.65. The molecule has 0 aromatic heterocycles. The molecule has 124 valence electrons. The third-order valence-electron chi connectivity index (χ3n) is 4.99. The van der Waals surface area contributed by atoms with Crippen molar-refractivity contribution in [1.29, 1.82) is 0 Å². The molecule has 0 saturated carbocycles. The number of likely N-dealkylation sites (N-methyl/N-ethyl adjacent to an activating group) is 1. The summed E-state index contributed by atoms with van der Waals surface area (Å²) in [5.41, 5.74) is 9.11. The quantitative estimate of drug-likeness (QED) is 0.928. The van der Waals surface area contributed by atoms with E-state index in [-0.39, 0.29) is 5.41 Å². The SMILES string of the molecule is CCC1CN(C)CCN1C(CN)c1ccc(C(C)(C)C)cc1. The minimum atomic E-state index is 0.205. The van der Waals surface area contributed by atoms with Crippen LogP contribution in [0.3, 0.4) is 0 Å².